The summed E-state index contributed by atoms with van der Waals surface area (Å²) < 4.78 is 0. The van der Waals surface area contributed by atoms with E-state index in [4.69, 9.17) is 5.73 Å². The van der Waals surface area contributed by atoms with Crippen LogP contribution >= 0.6 is 0 Å². The summed E-state index contributed by atoms with van der Waals surface area (Å²) in [4.78, 5) is 24.6. The summed E-state index contributed by atoms with van der Waals surface area (Å²) in [6.45, 7) is 0. The molecule has 0 aliphatic carbocycles. The number of fused-ring (bicyclic) bond motifs is 2. The molecule has 2 N–H and O–H groups in total. The van der Waals surface area contributed by atoms with Crippen molar-refractivity contribution in [1.29, 1.82) is 0 Å². The lowest BCUT2D eigenvalue weighted by molar-refractivity contribution is -0.126. The number of carbonyl (C=O) groups is 1. The standard InChI is InChI=1S/C7H5N5O/c8-7-1-2-12(7)6(13)4-5(11-7)10-3-9-4/h1-3H,8H2. The highest BCUT2D eigenvalue weighted by molar-refractivity contribution is 6.69. The van der Waals surface area contributed by atoms with E-state index in [9.17, 15) is 4.79 Å². The maximum absolute atomic E-state index is 11.6. The van der Waals surface area contributed by atoms with Gasteiger partial charge in [0.2, 0.25) is 5.79 Å². The van der Waals surface area contributed by atoms with Crippen molar-refractivity contribution in [3.05, 3.63) is 12.3 Å². The number of nitrogens with zero attached hydrogens (tertiary/aromatic N) is 4. The highest BCUT2D eigenvalue weighted by Crippen LogP contribution is 2.28. The van der Waals surface area contributed by atoms with Gasteiger partial charge in [0, 0.05) is 6.20 Å². The predicted molar refractivity (Wildman–Crippen MR) is 46.3 cm³/mol. The van der Waals surface area contributed by atoms with E-state index in [1.54, 1.807) is 12.3 Å². The highest BCUT2D eigenvalue weighted by atomic mass is 16.2. The molecule has 3 aliphatic rings. The van der Waals surface area contributed by atoms with Gasteiger partial charge < -0.3 is 0 Å². The lowest BCUT2D eigenvalue weighted by atomic mass is 10.1. The van der Waals surface area contributed by atoms with Gasteiger partial charge in [-0.15, -0.1) is 0 Å². The van der Waals surface area contributed by atoms with Crippen molar-refractivity contribution in [2.24, 2.45) is 20.7 Å². The van der Waals surface area contributed by atoms with Crippen LogP contribution in [0.5, 0.6) is 0 Å². The number of aliphatic imine (C=N–C) groups is 3. The van der Waals surface area contributed by atoms with Crippen molar-refractivity contribution in [2.45, 2.75) is 5.79 Å². The van der Waals surface area contributed by atoms with Gasteiger partial charge >= 0.3 is 0 Å². The summed E-state index contributed by atoms with van der Waals surface area (Å²) in [5, 5.41) is 0. The molecule has 3 heterocycles. The molecule has 1 amide bonds. The van der Waals surface area contributed by atoms with Gasteiger partial charge in [0.1, 0.15) is 6.34 Å². The second-order valence-corrected chi connectivity index (χ2v) is 2.93. The largest absolute Gasteiger partial charge is 0.286 e. The summed E-state index contributed by atoms with van der Waals surface area (Å²) in [6, 6.07) is 0. The van der Waals surface area contributed by atoms with Crippen LogP contribution < -0.4 is 5.73 Å². The maximum Gasteiger partial charge on any atom is 0.283 e. The van der Waals surface area contributed by atoms with Crippen LogP contribution in [-0.2, 0) is 4.79 Å². The molecule has 0 aromatic rings. The van der Waals surface area contributed by atoms with Crippen LogP contribution in [0.2, 0.25) is 0 Å². The number of hydrogen-bond acceptors (Lipinski definition) is 5. The molecule has 0 aromatic heterocycles. The summed E-state index contributed by atoms with van der Waals surface area (Å²) >= 11 is 0. The van der Waals surface area contributed by atoms with Crippen LogP contribution in [0.25, 0.3) is 0 Å². The number of carbonyl (C=O) groups excluding carboxylic acids is 1. The summed E-state index contributed by atoms with van der Waals surface area (Å²) in [6.07, 6.45) is 4.54. The average Bonchev–Trinajstić information content (AvgIpc) is 2.49. The van der Waals surface area contributed by atoms with Crippen molar-refractivity contribution in [2.75, 3.05) is 0 Å². The lowest BCUT2D eigenvalue weighted by Gasteiger charge is -2.42. The van der Waals surface area contributed by atoms with E-state index < -0.39 is 5.79 Å². The Morgan fingerprint density at radius 1 is 1.54 bits per heavy atom. The molecule has 0 saturated carbocycles. The molecule has 3 rings (SSSR count). The highest BCUT2D eigenvalue weighted by Gasteiger charge is 2.46. The van der Waals surface area contributed by atoms with E-state index in [1.807, 2.05) is 0 Å². The van der Waals surface area contributed by atoms with Gasteiger partial charge in [-0.2, -0.15) is 0 Å². The zero-order valence-corrected chi connectivity index (χ0v) is 6.51. The SMILES string of the molecule is NC12C=CN1C(=O)C1=NC=NC1=N2. The van der Waals surface area contributed by atoms with Gasteiger partial charge in [-0.3, -0.25) is 15.4 Å². The van der Waals surface area contributed by atoms with Gasteiger partial charge in [0.25, 0.3) is 5.91 Å². The molecule has 1 atom stereocenters. The Balaban J connectivity index is 2.21. The molecule has 64 valence electrons. The van der Waals surface area contributed by atoms with Crippen molar-refractivity contribution in [1.82, 2.24) is 4.90 Å². The van der Waals surface area contributed by atoms with Crippen LogP contribution in [0.4, 0.5) is 0 Å². The van der Waals surface area contributed by atoms with Crippen LogP contribution in [0.1, 0.15) is 0 Å². The molecule has 13 heavy (non-hydrogen) atoms. The van der Waals surface area contributed by atoms with E-state index in [0.29, 0.717) is 5.84 Å². The molecular weight excluding hydrogens is 170 g/mol. The second-order valence-electron chi connectivity index (χ2n) is 2.93. The first-order valence-corrected chi connectivity index (χ1v) is 3.73. The number of rotatable bonds is 0. The molecular formula is C7H5N5O. The summed E-state index contributed by atoms with van der Waals surface area (Å²) in [5.74, 6) is -0.937. The summed E-state index contributed by atoms with van der Waals surface area (Å²) in [5.41, 5.74) is 6.03. The fourth-order valence-electron chi connectivity index (χ4n) is 1.40. The Labute approximate surface area is 73.2 Å². The molecule has 6 nitrogen and oxygen atoms in total. The summed E-state index contributed by atoms with van der Waals surface area (Å²) in [7, 11) is 0. The number of nitrogens with two attached hydrogens (primary N) is 1. The molecule has 0 fully saturated rings. The van der Waals surface area contributed by atoms with E-state index >= 15 is 0 Å². The van der Waals surface area contributed by atoms with Crippen LogP contribution in [0, 0.1) is 0 Å². The molecule has 3 aliphatic heterocycles. The van der Waals surface area contributed by atoms with E-state index in [-0.39, 0.29) is 11.6 Å². The molecule has 0 aromatic carbocycles. The number of amides is 1. The number of hydrogen-bond donors (Lipinski definition) is 1. The van der Waals surface area contributed by atoms with Gasteiger partial charge in [-0.05, 0) is 6.08 Å². The van der Waals surface area contributed by atoms with Crippen molar-refractivity contribution < 1.29 is 4.79 Å². The van der Waals surface area contributed by atoms with E-state index in [1.165, 1.54) is 11.2 Å². The quantitative estimate of drug-likeness (QED) is 0.504. The minimum Gasteiger partial charge on any atom is -0.286 e. The van der Waals surface area contributed by atoms with Crippen LogP contribution in [0.3, 0.4) is 0 Å². The topological polar surface area (TPSA) is 83.4 Å². The molecule has 0 radical (unpaired) electrons. The molecule has 1 unspecified atom stereocenters. The molecule has 0 spiro atoms. The second kappa shape index (κ2) is 1.74. The van der Waals surface area contributed by atoms with Crippen molar-refractivity contribution in [3.8, 4) is 0 Å². The number of amidine groups is 1. The van der Waals surface area contributed by atoms with Gasteiger partial charge in [-0.25, -0.2) is 15.0 Å². The Hall–Kier alpha value is -1.82. The minimum absolute atomic E-state index is 0.243. The monoisotopic (exact) mass is 175 g/mol. The van der Waals surface area contributed by atoms with Crippen molar-refractivity contribution in [3.63, 3.8) is 0 Å². The maximum atomic E-state index is 11.6. The Morgan fingerprint density at radius 2 is 2.38 bits per heavy atom. The third-order valence-corrected chi connectivity index (χ3v) is 2.14. The first-order chi connectivity index (χ1) is 6.21. The third kappa shape index (κ3) is 0.619. The van der Waals surface area contributed by atoms with Gasteiger partial charge in [0.05, 0.1) is 0 Å². The zero-order chi connectivity index (χ0) is 9.05. The van der Waals surface area contributed by atoms with E-state index in [2.05, 4.69) is 15.0 Å². The van der Waals surface area contributed by atoms with Crippen molar-refractivity contribution >= 4 is 23.8 Å². The molecule has 6 heteroatoms. The van der Waals surface area contributed by atoms with Gasteiger partial charge in [0.15, 0.2) is 11.5 Å². The van der Waals surface area contributed by atoms with Gasteiger partial charge in [-0.1, -0.05) is 0 Å². The first kappa shape index (κ1) is 6.67. The smallest absolute Gasteiger partial charge is 0.283 e. The van der Waals surface area contributed by atoms with Crippen LogP contribution in [0.15, 0.2) is 27.3 Å². The first-order valence-electron chi connectivity index (χ1n) is 3.73. The average molecular weight is 175 g/mol. The fourth-order valence-corrected chi connectivity index (χ4v) is 1.40. The zero-order valence-electron chi connectivity index (χ0n) is 6.51. The fraction of sp³-hybridized carbons (Fsp3) is 0.143. The Morgan fingerprint density at radius 3 is 3.08 bits per heavy atom. The lowest BCUT2D eigenvalue weighted by Crippen LogP contribution is -2.64. The third-order valence-electron chi connectivity index (χ3n) is 2.14. The van der Waals surface area contributed by atoms with E-state index in [0.717, 1.165) is 0 Å². The van der Waals surface area contributed by atoms with Crippen LogP contribution in [-0.4, -0.2) is 34.5 Å². The Bertz CT molecular complexity index is 432. The Kier molecular flexibility index (Phi) is 0.895. The minimum atomic E-state index is -1.02. The molecule has 0 bridgehead atoms. The predicted octanol–water partition coefficient (Wildman–Crippen LogP) is -1.15. The normalized spacial score (nSPS) is 33.6. The molecule has 0 saturated heterocycles.